The second kappa shape index (κ2) is 6.66. The van der Waals surface area contributed by atoms with Gasteiger partial charge in [0, 0.05) is 19.4 Å². The van der Waals surface area contributed by atoms with E-state index in [-0.39, 0.29) is 17.7 Å². The van der Waals surface area contributed by atoms with Gasteiger partial charge in [-0.15, -0.1) is 0 Å². The number of nitrogens with one attached hydrogen (secondary N) is 1. The largest absolute Gasteiger partial charge is 0.313 e. The van der Waals surface area contributed by atoms with Gasteiger partial charge in [0.1, 0.15) is 0 Å². The lowest BCUT2D eigenvalue weighted by molar-refractivity contribution is -0.130. The van der Waals surface area contributed by atoms with Crippen LogP contribution in [0.5, 0.6) is 0 Å². The molecule has 1 saturated heterocycles. The maximum absolute atomic E-state index is 12.1. The number of anilines is 1. The number of carbonyl (C=O) groups is 2. The van der Waals surface area contributed by atoms with Crippen LogP contribution in [0.3, 0.4) is 0 Å². The SMILES string of the molecule is CCCNCc1cccc(N2C(=O)CC(C)CC2=O)c1. The Balaban J connectivity index is 2.13. The molecule has 0 aromatic heterocycles. The molecule has 1 aliphatic heterocycles. The molecule has 4 nitrogen and oxygen atoms in total. The third-order valence-electron chi connectivity index (χ3n) is 3.47. The molecule has 1 aromatic rings. The first kappa shape index (κ1) is 14.7. The predicted octanol–water partition coefficient (Wildman–Crippen LogP) is 2.48. The smallest absolute Gasteiger partial charge is 0.234 e. The van der Waals surface area contributed by atoms with Crippen LogP contribution in [0.15, 0.2) is 24.3 Å². The summed E-state index contributed by atoms with van der Waals surface area (Å²) in [5, 5.41) is 3.32. The van der Waals surface area contributed by atoms with Crippen LogP contribution in [0.4, 0.5) is 5.69 Å². The topological polar surface area (TPSA) is 49.4 Å². The third kappa shape index (κ3) is 3.45. The molecule has 1 aliphatic rings. The fourth-order valence-corrected chi connectivity index (χ4v) is 2.49. The standard InChI is InChI=1S/C16H22N2O2/c1-3-7-17-11-13-5-4-6-14(10-13)18-15(19)8-12(2)9-16(18)20/h4-6,10,12,17H,3,7-9,11H2,1-2H3. The highest BCUT2D eigenvalue weighted by Crippen LogP contribution is 2.25. The highest BCUT2D eigenvalue weighted by molar-refractivity contribution is 6.16. The predicted molar refractivity (Wildman–Crippen MR) is 79.3 cm³/mol. The van der Waals surface area contributed by atoms with Gasteiger partial charge in [-0.3, -0.25) is 14.5 Å². The van der Waals surface area contributed by atoms with Crippen LogP contribution in [-0.2, 0) is 16.1 Å². The van der Waals surface area contributed by atoms with Gasteiger partial charge in [-0.2, -0.15) is 0 Å². The average molecular weight is 274 g/mol. The molecule has 1 N–H and O–H groups in total. The summed E-state index contributed by atoms with van der Waals surface area (Å²) in [6.07, 6.45) is 1.98. The molecule has 1 fully saturated rings. The summed E-state index contributed by atoms with van der Waals surface area (Å²) in [6, 6.07) is 7.66. The number of benzene rings is 1. The van der Waals surface area contributed by atoms with Crippen molar-refractivity contribution in [2.45, 2.75) is 39.7 Å². The molecule has 0 spiro atoms. The van der Waals surface area contributed by atoms with E-state index in [4.69, 9.17) is 0 Å². The number of carbonyl (C=O) groups excluding carboxylic acids is 2. The molecule has 0 unspecified atom stereocenters. The van der Waals surface area contributed by atoms with Gasteiger partial charge in [0.2, 0.25) is 11.8 Å². The van der Waals surface area contributed by atoms with Crippen molar-refractivity contribution >= 4 is 17.5 Å². The molecule has 20 heavy (non-hydrogen) atoms. The minimum Gasteiger partial charge on any atom is -0.313 e. The van der Waals surface area contributed by atoms with E-state index in [1.54, 1.807) is 0 Å². The van der Waals surface area contributed by atoms with Crippen molar-refractivity contribution in [3.05, 3.63) is 29.8 Å². The van der Waals surface area contributed by atoms with Gasteiger partial charge in [-0.05, 0) is 36.6 Å². The van der Waals surface area contributed by atoms with Crippen LogP contribution in [0.2, 0.25) is 0 Å². The highest BCUT2D eigenvalue weighted by Gasteiger charge is 2.31. The molecular weight excluding hydrogens is 252 g/mol. The van der Waals surface area contributed by atoms with Crippen molar-refractivity contribution in [2.24, 2.45) is 5.92 Å². The van der Waals surface area contributed by atoms with Crippen molar-refractivity contribution in [2.75, 3.05) is 11.4 Å². The lowest BCUT2D eigenvalue weighted by Gasteiger charge is -2.28. The number of hydrogen-bond acceptors (Lipinski definition) is 3. The fourth-order valence-electron chi connectivity index (χ4n) is 2.49. The van der Waals surface area contributed by atoms with Crippen LogP contribution >= 0.6 is 0 Å². The van der Waals surface area contributed by atoms with Crippen molar-refractivity contribution in [3.63, 3.8) is 0 Å². The monoisotopic (exact) mass is 274 g/mol. The van der Waals surface area contributed by atoms with Gasteiger partial charge in [0.15, 0.2) is 0 Å². The van der Waals surface area contributed by atoms with Crippen molar-refractivity contribution in [1.82, 2.24) is 5.32 Å². The van der Waals surface area contributed by atoms with Crippen molar-refractivity contribution < 1.29 is 9.59 Å². The molecule has 108 valence electrons. The molecule has 0 atom stereocenters. The highest BCUT2D eigenvalue weighted by atomic mass is 16.2. The van der Waals surface area contributed by atoms with E-state index < -0.39 is 0 Å². The van der Waals surface area contributed by atoms with Gasteiger partial charge in [-0.1, -0.05) is 26.0 Å². The Kier molecular flexibility index (Phi) is 4.90. The summed E-state index contributed by atoms with van der Waals surface area (Å²) in [7, 11) is 0. The summed E-state index contributed by atoms with van der Waals surface area (Å²) in [6.45, 7) is 5.78. The van der Waals surface area contributed by atoms with Crippen LogP contribution in [0.1, 0.15) is 38.7 Å². The summed E-state index contributed by atoms with van der Waals surface area (Å²) >= 11 is 0. The minimum absolute atomic E-state index is 0.0904. The Hall–Kier alpha value is -1.68. The van der Waals surface area contributed by atoms with E-state index in [9.17, 15) is 9.59 Å². The lowest BCUT2D eigenvalue weighted by Crippen LogP contribution is -2.42. The summed E-state index contributed by atoms with van der Waals surface area (Å²) in [5.41, 5.74) is 1.79. The Bertz CT molecular complexity index is 481. The average Bonchev–Trinajstić information content (AvgIpc) is 2.38. The Morgan fingerprint density at radius 3 is 2.60 bits per heavy atom. The number of hydrogen-bond donors (Lipinski definition) is 1. The van der Waals surface area contributed by atoms with Crippen LogP contribution in [-0.4, -0.2) is 18.4 Å². The Labute approximate surface area is 120 Å². The molecule has 0 saturated carbocycles. The number of rotatable bonds is 5. The third-order valence-corrected chi connectivity index (χ3v) is 3.47. The van der Waals surface area contributed by atoms with Crippen LogP contribution in [0.25, 0.3) is 0 Å². The quantitative estimate of drug-likeness (QED) is 0.663. The minimum atomic E-state index is -0.0904. The van der Waals surface area contributed by atoms with E-state index in [1.165, 1.54) is 4.90 Å². The van der Waals surface area contributed by atoms with Gasteiger partial charge in [0.25, 0.3) is 0 Å². The first-order chi connectivity index (χ1) is 9.61. The van der Waals surface area contributed by atoms with Gasteiger partial charge < -0.3 is 5.32 Å². The van der Waals surface area contributed by atoms with Crippen LogP contribution in [0, 0.1) is 5.92 Å². The van der Waals surface area contributed by atoms with Gasteiger partial charge in [0.05, 0.1) is 5.69 Å². The van der Waals surface area contributed by atoms with Gasteiger partial charge >= 0.3 is 0 Å². The molecule has 1 aromatic carbocycles. The molecular formula is C16H22N2O2. The molecule has 0 bridgehead atoms. The van der Waals surface area contributed by atoms with Gasteiger partial charge in [-0.25, -0.2) is 0 Å². The summed E-state index contributed by atoms with van der Waals surface area (Å²) in [4.78, 5) is 25.5. The zero-order valence-corrected chi connectivity index (χ0v) is 12.2. The number of imide groups is 1. The lowest BCUT2D eigenvalue weighted by atomic mass is 9.97. The number of amides is 2. The van der Waals surface area contributed by atoms with Crippen molar-refractivity contribution in [1.29, 1.82) is 0 Å². The summed E-state index contributed by atoms with van der Waals surface area (Å²) in [5.74, 6) is -0.0273. The van der Waals surface area contributed by atoms with E-state index in [0.29, 0.717) is 18.5 Å². The zero-order chi connectivity index (χ0) is 14.5. The Morgan fingerprint density at radius 2 is 1.95 bits per heavy atom. The second-order valence-corrected chi connectivity index (χ2v) is 5.48. The Morgan fingerprint density at radius 1 is 1.25 bits per heavy atom. The maximum Gasteiger partial charge on any atom is 0.234 e. The van der Waals surface area contributed by atoms with E-state index >= 15 is 0 Å². The van der Waals surface area contributed by atoms with E-state index in [1.807, 2.05) is 31.2 Å². The zero-order valence-electron chi connectivity index (χ0n) is 12.2. The molecule has 2 amide bonds. The molecule has 1 heterocycles. The first-order valence-electron chi connectivity index (χ1n) is 7.27. The van der Waals surface area contributed by atoms with Crippen LogP contribution < -0.4 is 10.2 Å². The van der Waals surface area contributed by atoms with E-state index in [2.05, 4.69) is 12.2 Å². The van der Waals surface area contributed by atoms with Crippen molar-refractivity contribution in [3.8, 4) is 0 Å². The maximum atomic E-state index is 12.1. The number of piperidine rings is 1. The molecule has 4 heteroatoms. The molecule has 2 rings (SSSR count). The molecule has 0 radical (unpaired) electrons. The normalized spacial score (nSPS) is 16.8. The summed E-state index contributed by atoms with van der Waals surface area (Å²) < 4.78 is 0. The second-order valence-electron chi connectivity index (χ2n) is 5.48. The van der Waals surface area contributed by atoms with E-state index in [0.717, 1.165) is 25.1 Å². The first-order valence-corrected chi connectivity index (χ1v) is 7.27. The molecule has 0 aliphatic carbocycles. The number of nitrogens with zero attached hydrogens (tertiary/aromatic N) is 1. The fraction of sp³-hybridized carbons (Fsp3) is 0.500.